The highest BCUT2D eigenvalue weighted by Gasteiger charge is 2.18. The summed E-state index contributed by atoms with van der Waals surface area (Å²) in [5, 5.41) is 23.0. The van der Waals surface area contributed by atoms with Crippen LogP contribution >= 0.6 is 0 Å². The van der Waals surface area contributed by atoms with Gasteiger partial charge in [0, 0.05) is 12.8 Å². The third kappa shape index (κ3) is 59.2. The zero-order chi connectivity index (χ0) is 52.9. The van der Waals surface area contributed by atoms with Gasteiger partial charge in [-0.2, -0.15) is 0 Å². The number of allylic oxidation sites excluding steroid dienone is 5. The van der Waals surface area contributed by atoms with Crippen molar-refractivity contribution in [1.29, 1.82) is 0 Å². The minimum atomic E-state index is -0.839. The fraction of sp³-hybridized carbons (Fsp3) is 0.881. The van der Waals surface area contributed by atoms with Crippen LogP contribution in [0.3, 0.4) is 0 Å². The lowest BCUT2D eigenvalue weighted by molar-refractivity contribution is -0.143. The van der Waals surface area contributed by atoms with Crippen LogP contribution in [-0.2, 0) is 14.3 Å². The molecule has 0 heterocycles. The maximum Gasteiger partial charge on any atom is 0.305 e. The summed E-state index contributed by atoms with van der Waals surface area (Å²) >= 11 is 0. The second kappa shape index (κ2) is 62.6. The van der Waals surface area contributed by atoms with E-state index in [1.54, 1.807) is 6.08 Å². The van der Waals surface area contributed by atoms with Gasteiger partial charge in [0.2, 0.25) is 5.91 Å². The Morgan fingerprint density at radius 1 is 0.384 bits per heavy atom. The molecule has 0 aromatic heterocycles. The number of carbonyl (C=O) groups is 2. The summed E-state index contributed by atoms with van der Waals surface area (Å²) in [6.45, 7) is 4.84. The first kappa shape index (κ1) is 71.1. The van der Waals surface area contributed by atoms with E-state index in [0.29, 0.717) is 19.4 Å². The zero-order valence-corrected chi connectivity index (χ0v) is 49.1. The van der Waals surface area contributed by atoms with Gasteiger partial charge in [0.25, 0.3) is 0 Å². The van der Waals surface area contributed by atoms with Gasteiger partial charge in [0.1, 0.15) is 0 Å². The summed E-state index contributed by atoms with van der Waals surface area (Å²) in [7, 11) is 0. The van der Waals surface area contributed by atoms with Crippen molar-refractivity contribution in [2.75, 3.05) is 13.2 Å². The van der Waals surface area contributed by atoms with Gasteiger partial charge < -0.3 is 20.3 Å². The molecule has 3 N–H and O–H groups in total. The van der Waals surface area contributed by atoms with E-state index in [1.165, 1.54) is 276 Å². The van der Waals surface area contributed by atoms with Gasteiger partial charge in [-0.05, 0) is 57.8 Å². The van der Waals surface area contributed by atoms with Gasteiger partial charge in [-0.1, -0.05) is 320 Å². The molecule has 1 amide bonds. The Morgan fingerprint density at radius 3 is 1.10 bits per heavy atom. The van der Waals surface area contributed by atoms with Crippen LogP contribution in [0.5, 0.6) is 0 Å². The second-order valence-corrected chi connectivity index (χ2v) is 22.5. The normalized spacial score (nSPS) is 12.8. The number of aliphatic hydroxyl groups excluding tert-OH is 2. The Balaban J connectivity index is 3.32. The Labute approximate surface area is 455 Å². The molecule has 0 aromatic carbocycles. The molecule has 6 heteroatoms. The molecule has 0 saturated heterocycles. The first-order valence-electron chi connectivity index (χ1n) is 32.8. The number of esters is 1. The van der Waals surface area contributed by atoms with Gasteiger partial charge in [-0.15, -0.1) is 0 Å². The molecule has 0 radical (unpaired) electrons. The summed E-state index contributed by atoms with van der Waals surface area (Å²) in [6, 6.07) is -0.623. The summed E-state index contributed by atoms with van der Waals surface area (Å²) in [5.74, 6) is -0.0583. The van der Waals surface area contributed by atoms with Gasteiger partial charge in [-0.3, -0.25) is 9.59 Å². The SMILES string of the molecule is CCC/C=C\C/C=C\CCCCCCCC(=O)OCCCCCCCCCCCCCCCCCCCCCCCCCCCCCCCCCCC(=O)NC(CO)C(O)/C=C/CCCCCCCCCCC. The topological polar surface area (TPSA) is 95.9 Å². The molecule has 73 heavy (non-hydrogen) atoms. The summed E-state index contributed by atoms with van der Waals surface area (Å²) < 4.78 is 5.47. The van der Waals surface area contributed by atoms with Crippen LogP contribution in [-0.4, -0.2) is 47.4 Å². The number of hydrogen-bond acceptors (Lipinski definition) is 5. The summed E-state index contributed by atoms with van der Waals surface area (Å²) in [5.41, 5.74) is 0. The molecule has 0 rings (SSSR count). The van der Waals surface area contributed by atoms with Crippen LogP contribution in [0.4, 0.5) is 0 Å². The Bertz CT molecular complexity index is 1180. The van der Waals surface area contributed by atoms with E-state index in [2.05, 4.69) is 43.5 Å². The van der Waals surface area contributed by atoms with Gasteiger partial charge in [0.15, 0.2) is 0 Å². The van der Waals surface area contributed by atoms with E-state index in [4.69, 9.17) is 4.74 Å². The lowest BCUT2D eigenvalue weighted by Crippen LogP contribution is -2.45. The first-order valence-corrected chi connectivity index (χ1v) is 32.8. The van der Waals surface area contributed by atoms with Crippen molar-refractivity contribution in [3.05, 3.63) is 36.5 Å². The van der Waals surface area contributed by atoms with Crippen LogP contribution in [0.1, 0.15) is 354 Å². The molecule has 0 aliphatic carbocycles. The zero-order valence-electron chi connectivity index (χ0n) is 49.1. The van der Waals surface area contributed by atoms with Gasteiger partial charge >= 0.3 is 5.97 Å². The number of hydrogen-bond donors (Lipinski definition) is 3. The largest absolute Gasteiger partial charge is 0.466 e. The van der Waals surface area contributed by atoms with E-state index in [-0.39, 0.29) is 18.5 Å². The standard InChI is InChI=1S/C67H127NO5/c1-3-5-7-9-11-13-15-36-41-45-49-53-57-61-67(72)73-62-58-54-50-46-42-38-35-33-31-29-27-25-23-21-19-17-16-18-20-22-24-26-28-30-32-34-37-40-44-48-52-56-60-66(71)68-64(63-69)65(70)59-55-51-47-43-39-14-12-10-8-6-4-2/h7,9,13,15,55,59,64-65,69-70H,3-6,8,10-12,14,16-54,56-58,60-63H2,1-2H3,(H,68,71)/b9-7-,15-13-,59-55+. The lowest BCUT2D eigenvalue weighted by atomic mass is 10.0. The highest BCUT2D eigenvalue weighted by atomic mass is 16.5. The summed E-state index contributed by atoms with van der Waals surface area (Å²) in [6.07, 6.45) is 79.4. The molecule has 0 aliphatic rings. The second-order valence-electron chi connectivity index (χ2n) is 22.5. The average molecular weight is 1030 g/mol. The third-order valence-corrected chi connectivity index (χ3v) is 15.1. The molecule has 6 nitrogen and oxygen atoms in total. The molecule has 0 spiro atoms. The number of rotatable bonds is 61. The van der Waals surface area contributed by atoms with Gasteiger partial charge in [0.05, 0.1) is 25.4 Å². The van der Waals surface area contributed by atoms with E-state index in [0.717, 1.165) is 51.4 Å². The number of nitrogens with one attached hydrogen (secondary N) is 1. The van der Waals surface area contributed by atoms with Crippen molar-refractivity contribution in [3.8, 4) is 0 Å². The van der Waals surface area contributed by atoms with Crippen molar-refractivity contribution >= 4 is 11.9 Å². The maximum atomic E-state index is 12.4. The number of amides is 1. The third-order valence-electron chi connectivity index (χ3n) is 15.1. The Hall–Kier alpha value is -1.92. The quantitative estimate of drug-likeness (QED) is 0.0320. The number of carbonyl (C=O) groups excluding carboxylic acids is 2. The number of aliphatic hydroxyl groups is 2. The van der Waals surface area contributed by atoms with Crippen molar-refractivity contribution in [2.45, 2.75) is 366 Å². The molecule has 0 saturated carbocycles. The molecule has 2 atom stereocenters. The van der Waals surface area contributed by atoms with E-state index < -0.39 is 12.1 Å². The predicted molar refractivity (Wildman–Crippen MR) is 319 cm³/mol. The van der Waals surface area contributed by atoms with Gasteiger partial charge in [-0.25, -0.2) is 0 Å². The Kier molecular flexibility index (Phi) is 61.0. The van der Waals surface area contributed by atoms with Crippen LogP contribution in [0.15, 0.2) is 36.5 Å². The monoisotopic (exact) mass is 1030 g/mol. The molecular formula is C67H127NO5. The Morgan fingerprint density at radius 2 is 0.712 bits per heavy atom. The van der Waals surface area contributed by atoms with Crippen molar-refractivity contribution in [1.82, 2.24) is 5.32 Å². The number of ether oxygens (including phenoxy) is 1. The average Bonchev–Trinajstić information content (AvgIpc) is 3.39. The molecule has 430 valence electrons. The first-order chi connectivity index (χ1) is 36.0. The van der Waals surface area contributed by atoms with Crippen LogP contribution in [0.25, 0.3) is 0 Å². The molecule has 2 unspecified atom stereocenters. The van der Waals surface area contributed by atoms with E-state index in [9.17, 15) is 19.8 Å². The van der Waals surface area contributed by atoms with Crippen molar-refractivity contribution in [3.63, 3.8) is 0 Å². The van der Waals surface area contributed by atoms with Crippen molar-refractivity contribution < 1.29 is 24.5 Å². The fourth-order valence-electron chi connectivity index (χ4n) is 10.1. The number of unbranched alkanes of at least 4 members (excludes halogenated alkanes) is 46. The smallest absolute Gasteiger partial charge is 0.305 e. The molecular weight excluding hydrogens is 899 g/mol. The van der Waals surface area contributed by atoms with Crippen LogP contribution < -0.4 is 5.32 Å². The molecule has 0 aliphatic heterocycles. The minimum absolute atomic E-state index is 0.00544. The predicted octanol–water partition coefficient (Wildman–Crippen LogP) is 20.8. The molecule has 0 bridgehead atoms. The fourth-order valence-corrected chi connectivity index (χ4v) is 10.1. The van der Waals surface area contributed by atoms with Crippen molar-refractivity contribution in [2.24, 2.45) is 0 Å². The minimum Gasteiger partial charge on any atom is -0.466 e. The van der Waals surface area contributed by atoms with Crippen LogP contribution in [0.2, 0.25) is 0 Å². The molecule has 0 aromatic rings. The van der Waals surface area contributed by atoms with Crippen LogP contribution in [0, 0.1) is 0 Å². The van der Waals surface area contributed by atoms with E-state index >= 15 is 0 Å². The van der Waals surface area contributed by atoms with E-state index in [1.807, 2.05) is 6.08 Å². The summed E-state index contributed by atoms with van der Waals surface area (Å²) in [4.78, 5) is 24.5. The maximum absolute atomic E-state index is 12.4. The highest BCUT2D eigenvalue weighted by molar-refractivity contribution is 5.76. The highest BCUT2D eigenvalue weighted by Crippen LogP contribution is 2.18. The lowest BCUT2D eigenvalue weighted by Gasteiger charge is -2.20. The molecule has 0 fully saturated rings.